The van der Waals surface area contributed by atoms with Gasteiger partial charge < -0.3 is 14.5 Å². The molecule has 0 saturated carbocycles. The Labute approximate surface area is 116 Å². The summed E-state index contributed by atoms with van der Waals surface area (Å²) in [4.78, 5) is 0. The van der Waals surface area contributed by atoms with Crippen LogP contribution >= 0.6 is 0 Å². The van der Waals surface area contributed by atoms with E-state index in [2.05, 4.69) is 11.3 Å². The van der Waals surface area contributed by atoms with E-state index in [4.69, 9.17) is 4.42 Å². The maximum absolute atomic E-state index is 11.4. The number of benzene rings is 1. The lowest BCUT2D eigenvalue weighted by Crippen LogP contribution is -2.47. The van der Waals surface area contributed by atoms with Gasteiger partial charge in [0.05, 0.1) is 12.2 Å². The molecule has 1 aromatic heterocycles. The third-order valence-corrected chi connectivity index (χ3v) is 3.97. The summed E-state index contributed by atoms with van der Waals surface area (Å²) in [5.41, 5.74) is 1.34. The van der Waals surface area contributed by atoms with Crippen LogP contribution in [0.4, 0.5) is 0 Å². The maximum atomic E-state index is 11.4. The first-order valence-corrected chi connectivity index (χ1v) is 7.43. The van der Waals surface area contributed by atoms with Crippen molar-refractivity contribution in [2.45, 2.75) is 12.4 Å². The number of hydrogen-bond donors (Lipinski definition) is 3. The quantitative estimate of drug-likeness (QED) is 0.671. The molecule has 1 unspecified atom stereocenters. The number of nitrogens with one attached hydrogen (secondary N) is 1. The van der Waals surface area contributed by atoms with Crippen molar-refractivity contribution in [2.24, 2.45) is 0 Å². The minimum absolute atomic E-state index is 0.0851. The van der Waals surface area contributed by atoms with Gasteiger partial charge in [-0.05, 0) is 18.1 Å². The lowest BCUT2D eigenvalue weighted by atomic mass is 9.77. The van der Waals surface area contributed by atoms with Gasteiger partial charge in [0, 0.05) is 10.8 Å². The average molecular weight is 295 g/mol. The van der Waals surface area contributed by atoms with Gasteiger partial charge in [-0.15, -0.1) is 0 Å². The van der Waals surface area contributed by atoms with Gasteiger partial charge in [-0.1, -0.05) is 24.8 Å². The van der Waals surface area contributed by atoms with E-state index in [1.165, 1.54) is 6.26 Å². The SMILES string of the molecule is C=CS(=O)(=O)NC(Cc1coc2ccccc12)B(O)O. The first-order chi connectivity index (χ1) is 9.43. The Morgan fingerprint density at radius 3 is 2.75 bits per heavy atom. The molecule has 0 saturated heterocycles. The molecule has 0 spiro atoms. The van der Waals surface area contributed by atoms with E-state index in [9.17, 15) is 18.5 Å². The highest BCUT2D eigenvalue weighted by Crippen LogP contribution is 2.22. The molecule has 0 bridgehead atoms. The minimum atomic E-state index is -3.76. The van der Waals surface area contributed by atoms with Gasteiger partial charge in [0.25, 0.3) is 0 Å². The number of fused-ring (bicyclic) bond motifs is 1. The molecule has 0 aliphatic carbocycles. The van der Waals surface area contributed by atoms with Gasteiger partial charge in [0.15, 0.2) is 0 Å². The molecule has 3 N–H and O–H groups in total. The van der Waals surface area contributed by atoms with E-state index in [1.807, 2.05) is 18.2 Å². The van der Waals surface area contributed by atoms with Gasteiger partial charge in [-0.25, -0.2) is 13.1 Å². The second kappa shape index (κ2) is 5.80. The van der Waals surface area contributed by atoms with Gasteiger partial charge in [-0.3, -0.25) is 0 Å². The van der Waals surface area contributed by atoms with Crippen LogP contribution in [0.2, 0.25) is 0 Å². The molecule has 0 amide bonds. The fraction of sp³-hybridized carbons (Fsp3) is 0.167. The largest absolute Gasteiger partial charge is 0.471 e. The van der Waals surface area contributed by atoms with E-state index in [-0.39, 0.29) is 6.42 Å². The molecule has 2 rings (SSSR count). The molecule has 1 heterocycles. The summed E-state index contributed by atoms with van der Waals surface area (Å²) in [5.74, 6) is -1.08. The highest BCUT2D eigenvalue weighted by molar-refractivity contribution is 7.92. The van der Waals surface area contributed by atoms with Crippen LogP contribution in [0.3, 0.4) is 0 Å². The zero-order chi connectivity index (χ0) is 14.8. The molecular weight excluding hydrogens is 281 g/mol. The molecule has 106 valence electrons. The van der Waals surface area contributed by atoms with E-state index in [0.29, 0.717) is 11.1 Å². The van der Waals surface area contributed by atoms with Gasteiger partial charge in [0.2, 0.25) is 10.0 Å². The summed E-state index contributed by atoms with van der Waals surface area (Å²) in [6.45, 7) is 3.16. The summed E-state index contributed by atoms with van der Waals surface area (Å²) in [5, 5.41) is 20.1. The lowest BCUT2D eigenvalue weighted by molar-refractivity contribution is 0.379. The fourth-order valence-electron chi connectivity index (χ4n) is 1.89. The topological polar surface area (TPSA) is 99.8 Å². The predicted molar refractivity (Wildman–Crippen MR) is 76.2 cm³/mol. The van der Waals surface area contributed by atoms with Crippen LogP contribution in [-0.2, 0) is 16.4 Å². The van der Waals surface area contributed by atoms with E-state index < -0.39 is 23.1 Å². The number of sulfonamides is 1. The van der Waals surface area contributed by atoms with Crippen molar-refractivity contribution in [2.75, 3.05) is 0 Å². The third-order valence-electron chi connectivity index (χ3n) is 2.90. The summed E-state index contributed by atoms with van der Waals surface area (Å²) < 4.78 is 30.3. The number of furan rings is 1. The highest BCUT2D eigenvalue weighted by atomic mass is 32.2. The Bertz CT molecular complexity index is 709. The smallest absolute Gasteiger partial charge is 0.464 e. The van der Waals surface area contributed by atoms with Crippen molar-refractivity contribution < 1.29 is 22.9 Å². The summed E-state index contributed by atoms with van der Waals surface area (Å²) in [6.07, 6.45) is 1.56. The van der Waals surface area contributed by atoms with Crippen molar-refractivity contribution >= 4 is 28.1 Å². The highest BCUT2D eigenvalue weighted by Gasteiger charge is 2.28. The van der Waals surface area contributed by atoms with Gasteiger partial charge in [0.1, 0.15) is 5.58 Å². The number of hydrogen-bond acceptors (Lipinski definition) is 5. The van der Waals surface area contributed by atoms with Crippen molar-refractivity contribution in [1.29, 1.82) is 0 Å². The van der Waals surface area contributed by atoms with Crippen LogP contribution in [0.5, 0.6) is 0 Å². The van der Waals surface area contributed by atoms with Crippen molar-refractivity contribution in [3.63, 3.8) is 0 Å². The molecule has 0 radical (unpaired) electrons. The van der Waals surface area contributed by atoms with Crippen molar-refractivity contribution in [1.82, 2.24) is 4.72 Å². The number of rotatable bonds is 6. The van der Waals surface area contributed by atoms with Crippen LogP contribution in [0, 0.1) is 0 Å². The molecule has 0 aliphatic heterocycles. The van der Waals surface area contributed by atoms with Crippen molar-refractivity contribution in [3.05, 3.63) is 48.1 Å². The Morgan fingerprint density at radius 2 is 2.10 bits per heavy atom. The molecule has 0 aliphatic rings. The molecule has 1 aromatic carbocycles. The predicted octanol–water partition coefficient (Wildman–Crippen LogP) is 0.419. The molecular formula is C12H14BNO5S. The zero-order valence-corrected chi connectivity index (χ0v) is 11.4. The first-order valence-electron chi connectivity index (χ1n) is 5.89. The second-order valence-electron chi connectivity index (χ2n) is 4.31. The van der Waals surface area contributed by atoms with Crippen LogP contribution in [0.25, 0.3) is 11.0 Å². The normalized spacial score (nSPS) is 13.3. The third kappa shape index (κ3) is 3.28. The molecule has 1 atom stereocenters. The van der Waals surface area contributed by atoms with E-state index >= 15 is 0 Å². The Hall–Kier alpha value is -1.61. The van der Waals surface area contributed by atoms with Gasteiger partial charge in [-0.2, -0.15) is 0 Å². The van der Waals surface area contributed by atoms with Crippen LogP contribution in [0.15, 0.2) is 46.9 Å². The van der Waals surface area contributed by atoms with Gasteiger partial charge >= 0.3 is 7.12 Å². The van der Waals surface area contributed by atoms with Crippen molar-refractivity contribution in [3.8, 4) is 0 Å². The van der Waals surface area contributed by atoms with Crippen LogP contribution in [0.1, 0.15) is 5.56 Å². The molecule has 6 nitrogen and oxygen atoms in total. The maximum Gasteiger partial charge on any atom is 0.471 e. The minimum Gasteiger partial charge on any atom is -0.464 e. The monoisotopic (exact) mass is 295 g/mol. The summed E-state index contributed by atoms with van der Waals surface area (Å²) in [6, 6.07) is 7.22. The second-order valence-corrected chi connectivity index (χ2v) is 5.97. The Morgan fingerprint density at radius 1 is 1.40 bits per heavy atom. The van der Waals surface area contributed by atoms with Crippen LogP contribution < -0.4 is 4.72 Å². The van der Waals surface area contributed by atoms with E-state index in [1.54, 1.807) is 6.07 Å². The molecule has 2 aromatic rings. The summed E-state index contributed by atoms with van der Waals surface area (Å²) >= 11 is 0. The first kappa shape index (κ1) is 14.8. The Balaban J connectivity index is 2.26. The zero-order valence-electron chi connectivity index (χ0n) is 10.6. The van der Waals surface area contributed by atoms with E-state index in [0.717, 1.165) is 10.8 Å². The fourth-order valence-corrected chi connectivity index (χ4v) is 2.62. The summed E-state index contributed by atoms with van der Waals surface area (Å²) in [7, 11) is -5.59. The molecule has 20 heavy (non-hydrogen) atoms. The van der Waals surface area contributed by atoms with Crippen LogP contribution in [-0.4, -0.2) is 31.5 Å². The Kier molecular flexibility index (Phi) is 4.29. The molecule has 8 heteroatoms. The lowest BCUT2D eigenvalue weighted by Gasteiger charge is -2.15. The molecule has 0 fully saturated rings. The average Bonchev–Trinajstić information content (AvgIpc) is 2.81. The standard InChI is InChI=1S/C12H14BNO5S/c1-2-20(17,18)14-12(13(15)16)7-9-8-19-11-6-4-3-5-10(9)11/h2-6,8,12,14-16H,1,7H2. The number of para-hydroxylation sites is 1.